The molecule has 55 heavy (non-hydrogen) atoms. The van der Waals surface area contributed by atoms with Gasteiger partial charge in [0.25, 0.3) is 5.91 Å². The van der Waals surface area contributed by atoms with Crippen molar-refractivity contribution < 1.29 is 28.9 Å². The number of rotatable bonds is 12. The van der Waals surface area contributed by atoms with Crippen LogP contribution in [0.15, 0.2) is 42.5 Å². The van der Waals surface area contributed by atoms with Crippen LogP contribution >= 0.6 is 23.2 Å². The van der Waals surface area contributed by atoms with Crippen molar-refractivity contribution >= 4 is 62.6 Å². The highest BCUT2D eigenvalue weighted by Gasteiger charge is 2.40. The summed E-state index contributed by atoms with van der Waals surface area (Å²) < 4.78 is 22.8. The lowest BCUT2D eigenvalue weighted by molar-refractivity contribution is 0.0684. The first-order valence-electron chi connectivity index (χ1n) is 18.3. The maximum absolute atomic E-state index is 15.3. The average Bonchev–Trinajstić information content (AvgIpc) is 3.75. The zero-order valence-electron chi connectivity index (χ0n) is 32.3. The number of aromatic nitrogens is 4. The van der Waals surface area contributed by atoms with E-state index in [1.807, 2.05) is 69.8 Å². The summed E-state index contributed by atoms with van der Waals surface area (Å²) in [6.07, 6.45) is 1.11. The summed E-state index contributed by atoms with van der Waals surface area (Å²) in [5.41, 5.74) is 8.59. The first-order valence-corrected chi connectivity index (χ1v) is 19.0. The van der Waals surface area contributed by atoms with Crippen molar-refractivity contribution in [2.45, 2.75) is 60.0 Å². The predicted molar refractivity (Wildman–Crippen MR) is 217 cm³/mol. The standard InChI is InChI=1S/C42H45Cl2N5O6/c1-22-18-28(19-23(2)36(22)44)55-16-9-10-29-30-12-13-32(43)35(34-25(4)45-46(6)26(34)5)37(30)49-24(3)21-48(41(50)39(29)49)38-31-20-27(54-8)11-14-33(31)47(15-17-53-7)40(38)42(51)52/h11-14,18-20,24H,9-10,15-17,21H2,1-8H3,(H,51,52)/t24-/m1/s1. The minimum Gasteiger partial charge on any atom is -0.497 e. The summed E-state index contributed by atoms with van der Waals surface area (Å²) in [6, 6.07) is 12.9. The largest absolute Gasteiger partial charge is 0.497 e. The monoisotopic (exact) mass is 785 g/mol. The summed E-state index contributed by atoms with van der Waals surface area (Å²) in [6.45, 7) is 11.1. The molecule has 0 spiro atoms. The van der Waals surface area contributed by atoms with Crippen LogP contribution in [0, 0.1) is 27.7 Å². The molecule has 1 amide bonds. The average molecular weight is 787 g/mol. The fourth-order valence-electron chi connectivity index (χ4n) is 8.27. The summed E-state index contributed by atoms with van der Waals surface area (Å²) in [5.74, 6) is -0.159. The lowest BCUT2D eigenvalue weighted by Crippen LogP contribution is -2.43. The molecule has 3 aromatic heterocycles. The van der Waals surface area contributed by atoms with Crippen molar-refractivity contribution in [1.82, 2.24) is 18.9 Å². The zero-order valence-corrected chi connectivity index (χ0v) is 33.9. The molecule has 0 bridgehead atoms. The zero-order chi connectivity index (χ0) is 39.5. The third-order valence-electron chi connectivity index (χ3n) is 10.8. The normalized spacial score (nSPS) is 14.3. The lowest BCUT2D eigenvalue weighted by atomic mass is 9.98. The second kappa shape index (κ2) is 14.9. The molecule has 0 radical (unpaired) electrons. The van der Waals surface area contributed by atoms with E-state index in [2.05, 4.69) is 11.5 Å². The second-order valence-electron chi connectivity index (χ2n) is 14.3. The number of aryl methyl sites for hydroxylation is 5. The molecule has 0 saturated heterocycles. The van der Waals surface area contributed by atoms with Gasteiger partial charge in [0.1, 0.15) is 17.2 Å². The highest BCUT2D eigenvalue weighted by molar-refractivity contribution is 6.35. The first kappa shape index (κ1) is 38.3. The van der Waals surface area contributed by atoms with Crippen LogP contribution < -0.4 is 14.4 Å². The van der Waals surface area contributed by atoms with Gasteiger partial charge in [-0.1, -0.05) is 29.3 Å². The second-order valence-corrected chi connectivity index (χ2v) is 15.1. The van der Waals surface area contributed by atoms with Gasteiger partial charge in [-0.05, 0) is 101 Å². The topological polar surface area (TPSA) is 113 Å². The van der Waals surface area contributed by atoms with Crippen molar-refractivity contribution in [2.24, 2.45) is 7.05 Å². The van der Waals surface area contributed by atoms with E-state index in [1.165, 1.54) is 0 Å². The van der Waals surface area contributed by atoms with Crippen molar-refractivity contribution in [3.8, 4) is 22.6 Å². The smallest absolute Gasteiger partial charge is 0.354 e. The molecule has 11 nitrogen and oxygen atoms in total. The number of carboxylic acids is 1. The molecule has 3 aromatic carbocycles. The van der Waals surface area contributed by atoms with Gasteiger partial charge in [-0.3, -0.25) is 9.48 Å². The molecule has 0 saturated carbocycles. The summed E-state index contributed by atoms with van der Waals surface area (Å²) in [5, 5.41) is 18.3. The Bertz CT molecular complexity index is 2490. The Morgan fingerprint density at radius 2 is 1.69 bits per heavy atom. The number of ether oxygens (including phenoxy) is 3. The SMILES string of the molecule is COCCn1c(C(=O)O)c(N2C[C@@H](C)n3c(c(CCCOc4cc(C)c(Cl)c(C)c4)c4ccc(Cl)c(-c5c(C)nn(C)c5C)c43)C2=O)c2cc(OC)ccc21. The van der Waals surface area contributed by atoms with Crippen molar-refractivity contribution in [3.05, 3.63) is 92.0 Å². The Morgan fingerprint density at radius 3 is 2.33 bits per heavy atom. The molecule has 7 rings (SSSR count). The van der Waals surface area contributed by atoms with E-state index in [-0.39, 0.29) is 37.3 Å². The number of carboxylic acid groups (broad SMARTS) is 1. The highest BCUT2D eigenvalue weighted by atomic mass is 35.5. The van der Waals surface area contributed by atoms with E-state index in [0.717, 1.165) is 60.9 Å². The molecule has 6 aromatic rings. The number of carbonyl (C=O) groups excluding carboxylic acids is 1. The van der Waals surface area contributed by atoms with Crippen LogP contribution in [0.5, 0.6) is 11.5 Å². The van der Waals surface area contributed by atoms with Gasteiger partial charge in [0.05, 0.1) is 47.8 Å². The Labute approximate surface area is 329 Å². The number of halogens is 2. The van der Waals surface area contributed by atoms with Crippen LogP contribution in [0.25, 0.3) is 32.9 Å². The minimum absolute atomic E-state index is 0.0132. The molecule has 1 aliphatic heterocycles. The molecule has 1 atom stereocenters. The Kier molecular flexibility index (Phi) is 10.4. The molecular weight excluding hydrogens is 741 g/mol. The third kappa shape index (κ3) is 6.41. The van der Waals surface area contributed by atoms with Crippen LogP contribution in [0.4, 0.5) is 5.69 Å². The number of anilines is 1. The Hall–Kier alpha value is -4.97. The van der Waals surface area contributed by atoms with Crippen molar-refractivity contribution in [3.63, 3.8) is 0 Å². The Morgan fingerprint density at radius 1 is 0.964 bits per heavy atom. The van der Waals surface area contributed by atoms with Crippen molar-refractivity contribution in [1.29, 1.82) is 0 Å². The fraction of sp³-hybridized carbons (Fsp3) is 0.357. The number of hydrogen-bond donors (Lipinski definition) is 1. The van der Waals surface area contributed by atoms with Gasteiger partial charge in [0.2, 0.25) is 0 Å². The van der Waals surface area contributed by atoms with Gasteiger partial charge in [-0.25, -0.2) is 4.79 Å². The molecule has 4 heterocycles. The summed E-state index contributed by atoms with van der Waals surface area (Å²) in [7, 11) is 5.04. The quantitative estimate of drug-likeness (QED) is 0.123. The van der Waals surface area contributed by atoms with Gasteiger partial charge in [0.15, 0.2) is 5.69 Å². The van der Waals surface area contributed by atoms with Crippen LogP contribution in [-0.4, -0.2) is 69.9 Å². The van der Waals surface area contributed by atoms with Crippen LogP contribution in [0.3, 0.4) is 0 Å². The third-order valence-corrected chi connectivity index (χ3v) is 11.7. The molecule has 0 unspecified atom stereocenters. The van der Waals surface area contributed by atoms with Crippen LogP contribution in [-0.2, 0) is 24.8 Å². The van der Waals surface area contributed by atoms with Crippen LogP contribution in [0.1, 0.15) is 68.4 Å². The fourth-order valence-corrected chi connectivity index (χ4v) is 8.63. The maximum Gasteiger partial charge on any atom is 0.354 e. The molecule has 288 valence electrons. The van der Waals surface area contributed by atoms with E-state index >= 15 is 4.79 Å². The number of aromatic carboxylic acids is 1. The Balaban J connectivity index is 1.42. The van der Waals surface area contributed by atoms with E-state index in [4.69, 9.17) is 42.5 Å². The highest BCUT2D eigenvalue weighted by Crippen LogP contribution is 2.46. The minimum atomic E-state index is -1.14. The predicted octanol–water partition coefficient (Wildman–Crippen LogP) is 9.12. The molecule has 0 fully saturated rings. The summed E-state index contributed by atoms with van der Waals surface area (Å²) in [4.78, 5) is 30.2. The van der Waals surface area contributed by atoms with Gasteiger partial charge < -0.3 is 33.4 Å². The number of fused-ring (bicyclic) bond motifs is 4. The number of methoxy groups -OCH3 is 2. The first-order chi connectivity index (χ1) is 26.3. The number of nitrogens with zero attached hydrogens (tertiary/aromatic N) is 5. The molecule has 0 aliphatic carbocycles. The lowest BCUT2D eigenvalue weighted by Gasteiger charge is -2.34. The molecule has 1 N–H and O–H groups in total. The van der Waals surface area contributed by atoms with Gasteiger partial charge in [-0.15, -0.1) is 0 Å². The van der Waals surface area contributed by atoms with Gasteiger partial charge in [-0.2, -0.15) is 5.10 Å². The van der Waals surface area contributed by atoms with E-state index in [0.29, 0.717) is 52.5 Å². The van der Waals surface area contributed by atoms with E-state index in [1.54, 1.807) is 35.8 Å². The van der Waals surface area contributed by atoms with E-state index < -0.39 is 5.97 Å². The maximum atomic E-state index is 15.3. The molecule has 1 aliphatic rings. The van der Waals surface area contributed by atoms with Crippen molar-refractivity contribution in [2.75, 3.05) is 38.9 Å². The van der Waals surface area contributed by atoms with Crippen LogP contribution in [0.2, 0.25) is 10.0 Å². The van der Waals surface area contributed by atoms with Gasteiger partial charge in [0, 0.05) is 65.9 Å². The van der Waals surface area contributed by atoms with Gasteiger partial charge >= 0.3 is 5.97 Å². The summed E-state index contributed by atoms with van der Waals surface area (Å²) >= 11 is 13.5. The number of hydrogen-bond acceptors (Lipinski definition) is 6. The number of carbonyl (C=O) groups is 2. The number of benzene rings is 3. The van der Waals surface area contributed by atoms with E-state index in [9.17, 15) is 9.90 Å². The molecular formula is C42H45Cl2N5O6. The number of amides is 1. The molecule has 13 heteroatoms.